The normalized spacial score (nSPS) is 15.7. The number of aromatic nitrogens is 2. The Morgan fingerprint density at radius 1 is 1.56 bits per heavy atom. The molecule has 0 unspecified atom stereocenters. The summed E-state index contributed by atoms with van der Waals surface area (Å²) in [6.45, 7) is 7.79. The van der Waals surface area contributed by atoms with Gasteiger partial charge in [0.05, 0.1) is 6.61 Å². The van der Waals surface area contributed by atoms with E-state index in [0.29, 0.717) is 18.9 Å². The minimum atomic E-state index is -0.238. The average Bonchev–Trinajstić information content (AvgIpc) is 2.58. The molecule has 1 aromatic rings. The Hall–Kier alpha value is -1.36. The zero-order valence-electron chi connectivity index (χ0n) is 9.91. The van der Waals surface area contributed by atoms with Crippen LogP contribution in [0.2, 0.25) is 0 Å². The van der Waals surface area contributed by atoms with Gasteiger partial charge in [-0.25, -0.2) is 4.98 Å². The highest BCUT2D eigenvalue weighted by molar-refractivity contribution is 5.92. The topological polar surface area (TPSA) is 56.2 Å². The highest BCUT2D eigenvalue weighted by atomic mass is 16.5. The van der Waals surface area contributed by atoms with E-state index in [4.69, 9.17) is 4.74 Å². The monoisotopic (exact) mass is 223 g/mol. The minimum absolute atomic E-state index is 0.130. The maximum Gasteiger partial charge on any atom is 0.271 e. The van der Waals surface area contributed by atoms with Crippen LogP contribution in [0, 0.1) is 0 Å². The standard InChI is InChI=1S/C11H17N3O2/c1-11(2,3)13-10(15)8-6-14-4-5-16-7-9(14)12-8/h6H,4-5,7H2,1-3H3,(H,13,15). The molecule has 0 aromatic carbocycles. The third kappa shape index (κ3) is 2.41. The third-order valence-electron chi connectivity index (χ3n) is 2.29. The molecule has 16 heavy (non-hydrogen) atoms. The predicted octanol–water partition coefficient (Wildman–Crippen LogP) is 0.942. The van der Waals surface area contributed by atoms with Crippen LogP contribution in [0.3, 0.4) is 0 Å². The van der Waals surface area contributed by atoms with Crippen molar-refractivity contribution in [1.29, 1.82) is 0 Å². The molecule has 0 saturated carbocycles. The Morgan fingerprint density at radius 3 is 2.94 bits per heavy atom. The zero-order chi connectivity index (χ0) is 11.8. The van der Waals surface area contributed by atoms with Gasteiger partial charge in [0.1, 0.15) is 18.1 Å². The van der Waals surface area contributed by atoms with Gasteiger partial charge in [-0.2, -0.15) is 0 Å². The summed E-state index contributed by atoms with van der Waals surface area (Å²) in [4.78, 5) is 16.1. The van der Waals surface area contributed by atoms with E-state index in [9.17, 15) is 4.79 Å². The van der Waals surface area contributed by atoms with Crippen LogP contribution in [0.25, 0.3) is 0 Å². The van der Waals surface area contributed by atoms with Crippen molar-refractivity contribution in [2.24, 2.45) is 0 Å². The molecule has 0 aliphatic carbocycles. The molecule has 0 atom stereocenters. The lowest BCUT2D eigenvalue weighted by Gasteiger charge is -2.19. The molecule has 1 aliphatic heterocycles. The lowest BCUT2D eigenvalue weighted by Crippen LogP contribution is -2.40. The molecule has 88 valence electrons. The van der Waals surface area contributed by atoms with Gasteiger partial charge in [0.15, 0.2) is 0 Å². The van der Waals surface area contributed by atoms with Gasteiger partial charge in [0, 0.05) is 18.3 Å². The molecular formula is C11H17N3O2. The van der Waals surface area contributed by atoms with Crippen LogP contribution < -0.4 is 5.32 Å². The molecule has 5 heteroatoms. The van der Waals surface area contributed by atoms with Gasteiger partial charge in [0.2, 0.25) is 0 Å². The lowest BCUT2D eigenvalue weighted by molar-refractivity contribution is 0.0815. The molecule has 0 saturated heterocycles. The molecule has 5 nitrogen and oxygen atoms in total. The number of carbonyl (C=O) groups excluding carboxylic acids is 1. The second-order valence-electron chi connectivity index (χ2n) is 4.99. The number of ether oxygens (including phenoxy) is 1. The van der Waals surface area contributed by atoms with Crippen LogP contribution in [0.5, 0.6) is 0 Å². The Morgan fingerprint density at radius 2 is 2.31 bits per heavy atom. The number of nitrogens with one attached hydrogen (secondary N) is 1. The molecule has 0 fully saturated rings. The van der Waals surface area contributed by atoms with E-state index < -0.39 is 0 Å². The summed E-state index contributed by atoms with van der Waals surface area (Å²) in [7, 11) is 0. The molecule has 1 aliphatic rings. The fraction of sp³-hybridized carbons (Fsp3) is 0.636. The molecule has 1 amide bonds. The van der Waals surface area contributed by atoms with E-state index in [2.05, 4.69) is 10.3 Å². The first-order valence-electron chi connectivity index (χ1n) is 5.42. The zero-order valence-corrected chi connectivity index (χ0v) is 9.91. The minimum Gasteiger partial charge on any atom is -0.372 e. The summed E-state index contributed by atoms with van der Waals surface area (Å²) in [5, 5.41) is 2.89. The maximum absolute atomic E-state index is 11.9. The van der Waals surface area contributed by atoms with Crippen LogP contribution >= 0.6 is 0 Å². The first-order chi connectivity index (χ1) is 7.46. The summed E-state index contributed by atoms with van der Waals surface area (Å²) in [5.41, 5.74) is 0.230. The molecule has 0 bridgehead atoms. The molecular weight excluding hydrogens is 206 g/mol. The second-order valence-corrected chi connectivity index (χ2v) is 4.99. The van der Waals surface area contributed by atoms with E-state index in [1.807, 2.05) is 25.3 Å². The van der Waals surface area contributed by atoms with E-state index in [0.717, 1.165) is 12.4 Å². The van der Waals surface area contributed by atoms with Crippen LogP contribution in [0.4, 0.5) is 0 Å². The summed E-state index contributed by atoms with van der Waals surface area (Å²) >= 11 is 0. The highest BCUT2D eigenvalue weighted by Crippen LogP contribution is 2.10. The largest absolute Gasteiger partial charge is 0.372 e. The van der Waals surface area contributed by atoms with Crippen LogP contribution in [0.15, 0.2) is 6.20 Å². The van der Waals surface area contributed by atoms with Crippen molar-refractivity contribution in [3.05, 3.63) is 17.7 Å². The van der Waals surface area contributed by atoms with Gasteiger partial charge in [0.25, 0.3) is 5.91 Å². The number of rotatable bonds is 1. The Bertz CT molecular complexity index is 380. The summed E-state index contributed by atoms with van der Waals surface area (Å²) in [6.07, 6.45) is 1.79. The highest BCUT2D eigenvalue weighted by Gasteiger charge is 2.20. The van der Waals surface area contributed by atoms with Crippen LogP contribution in [0.1, 0.15) is 37.1 Å². The number of imidazole rings is 1. The number of fused-ring (bicyclic) bond motifs is 1. The molecule has 0 spiro atoms. The van der Waals surface area contributed by atoms with Crippen molar-refractivity contribution in [3.8, 4) is 0 Å². The van der Waals surface area contributed by atoms with Crippen molar-refractivity contribution in [3.63, 3.8) is 0 Å². The molecule has 2 heterocycles. The van der Waals surface area contributed by atoms with Gasteiger partial charge in [-0.1, -0.05) is 0 Å². The quantitative estimate of drug-likeness (QED) is 0.771. The third-order valence-corrected chi connectivity index (χ3v) is 2.29. The van der Waals surface area contributed by atoms with Crippen molar-refractivity contribution >= 4 is 5.91 Å². The van der Waals surface area contributed by atoms with Gasteiger partial charge in [-0.3, -0.25) is 4.79 Å². The van der Waals surface area contributed by atoms with Gasteiger partial charge < -0.3 is 14.6 Å². The Kier molecular flexibility index (Phi) is 2.71. The number of carbonyl (C=O) groups is 1. The molecule has 0 radical (unpaired) electrons. The van der Waals surface area contributed by atoms with Gasteiger partial charge >= 0.3 is 0 Å². The first-order valence-corrected chi connectivity index (χ1v) is 5.42. The summed E-state index contributed by atoms with van der Waals surface area (Å²) in [6, 6.07) is 0. The van der Waals surface area contributed by atoms with Crippen LogP contribution in [-0.4, -0.2) is 27.6 Å². The fourth-order valence-electron chi connectivity index (χ4n) is 1.60. The first kappa shape index (κ1) is 11.1. The number of hydrogen-bond acceptors (Lipinski definition) is 3. The van der Waals surface area contributed by atoms with E-state index >= 15 is 0 Å². The van der Waals surface area contributed by atoms with E-state index in [-0.39, 0.29) is 11.4 Å². The molecule has 1 N–H and O–H groups in total. The number of hydrogen-bond donors (Lipinski definition) is 1. The van der Waals surface area contributed by atoms with Crippen molar-refractivity contribution in [1.82, 2.24) is 14.9 Å². The molecule has 2 rings (SSSR count). The average molecular weight is 223 g/mol. The SMILES string of the molecule is CC(C)(C)NC(=O)c1cn2c(n1)COCC2. The molecule has 1 aromatic heterocycles. The second kappa shape index (κ2) is 3.90. The van der Waals surface area contributed by atoms with Crippen LogP contribution in [-0.2, 0) is 17.9 Å². The predicted molar refractivity (Wildman–Crippen MR) is 59.1 cm³/mol. The number of amides is 1. The summed E-state index contributed by atoms with van der Waals surface area (Å²) in [5.74, 6) is 0.694. The Balaban J connectivity index is 2.15. The smallest absolute Gasteiger partial charge is 0.271 e. The Labute approximate surface area is 94.8 Å². The van der Waals surface area contributed by atoms with Gasteiger partial charge in [-0.15, -0.1) is 0 Å². The van der Waals surface area contributed by atoms with Crippen molar-refractivity contribution < 1.29 is 9.53 Å². The van der Waals surface area contributed by atoms with Crippen molar-refractivity contribution in [2.75, 3.05) is 6.61 Å². The fourth-order valence-corrected chi connectivity index (χ4v) is 1.60. The van der Waals surface area contributed by atoms with Crippen molar-refractivity contribution in [2.45, 2.75) is 39.5 Å². The maximum atomic E-state index is 11.9. The summed E-state index contributed by atoms with van der Waals surface area (Å²) < 4.78 is 7.25. The van der Waals surface area contributed by atoms with E-state index in [1.54, 1.807) is 6.20 Å². The van der Waals surface area contributed by atoms with E-state index in [1.165, 1.54) is 0 Å². The van der Waals surface area contributed by atoms with Gasteiger partial charge in [-0.05, 0) is 20.8 Å². The number of nitrogens with zero attached hydrogens (tertiary/aromatic N) is 2. The lowest BCUT2D eigenvalue weighted by atomic mass is 10.1.